The average molecular weight is 397 g/mol. The molecule has 7 heteroatoms. The van der Waals surface area contributed by atoms with E-state index in [1.165, 1.54) is 22.8 Å². The van der Waals surface area contributed by atoms with Gasteiger partial charge in [0, 0.05) is 54.8 Å². The van der Waals surface area contributed by atoms with Crippen molar-refractivity contribution in [3.8, 4) is 0 Å². The number of morpholine rings is 1. The molecule has 0 saturated carbocycles. The lowest BCUT2D eigenvalue weighted by molar-refractivity contribution is -0.0120. The maximum atomic E-state index is 5.56. The summed E-state index contributed by atoms with van der Waals surface area (Å²) in [6.07, 6.45) is 1.24. The number of aliphatic imine (C=N–C) groups is 1. The van der Waals surface area contributed by atoms with E-state index in [9.17, 15) is 0 Å². The molecule has 2 aliphatic heterocycles. The predicted molar refractivity (Wildman–Crippen MR) is 114 cm³/mol. The van der Waals surface area contributed by atoms with Crippen molar-refractivity contribution in [2.24, 2.45) is 4.99 Å². The van der Waals surface area contributed by atoms with Gasteiger partial charge in [-0.25, -0.2) is 0 Å². The Bertz CT molecular complexity index is 576. The molecule has 3 heterocycles. The molecule has 0 amide bonds. The third-order valence-corrected chi connectivity index (χ3v) is 7.93. The van der Waals surface area contributed by atoms with Crippen molar-refractivity contribution in [3.05, 3.63) is 22.4 Å². The number of rotatable bonds is 6. The van der Waals surface area contributed by atoms with Crippen molar-refractivity contribution < 1.29 is 4.74 Å². The molecule has 0 aromatic carbocycles. The zero-order valence-electron chi connectivity index (χ0n) is 16.2. The normalized spacial score (nSPS) is 25.4. The van der Waals surface area contributed by atoms with E-state index in [1.807, 2.05) is 18.4 Å². The van der Waals surface area contributed by atoms with Gasteiger partial charge in [-0.3, -0.25) is 9.89 Å². The van der Waals surface area contributed by atoms with Crippen LogP contribution >= 0.6 is 23.1 Å². The highest BCUT2D eigenvalue weighted by atomic mass is 32.2. The standard InChI is InChI=1S/C19H32N4OS2/c1-18(2,16-5-4-11-26-16)13-21-17(20-3)22-14-19(6-12-25-15-19)23-7-9-24-10-8-23/h4-5,11H,6-10,12-15H2,1-3H3,(H2,20,21,22). The molecule has 2 N–H and O–H groups in total. The van der Waals surface area contributed by atoms with Crippen LogP contribution in [0.3, 0.4) is 0 Å². The van der Waals surface area contributed by atoms with Crippen LogP contribution in [0, 0.1) is 0 Å². The topological polar surface area (TPSA) is 48.9 Å². The number of nitrogens with zero attached hydrogens (tertiary/aromatic N) is 2. The van der Waals surface area contributed by atoms with E-state index in [-0.39, 0.29) is 11.0 Å². The van der Waals surface area contributed by atoms with E-state index >= 15 is 0 Å². The minimum Gasteiger partial charge on any atom is -0.379 e. The Morgan fingerprint density at radius 3 is 2.77 bits per heavy atom. The summed E-state index contributed by atoms with van der Waals surface area (Å²) in [4.78, 5) is 8.49. The molecule has 0 bridgehead atoms. The number of thiophene rings is 1. The van der Waals surface area contributed by atoms with Gasteiger partial charge in [-0.15, -0.1) is 11.3 Å². The van der Waals surface area contributed by atoms with Gasteiger partial charge in [0.15, 0.2) is 5.96 Å². The lowest BCUT2D eigenvalue weighted by Crippen LogP contribution is -2.60. The summed E-state index contributed by atoms with van der Waals surface area (Å²) in [6, 6.07) is 4.34. The average Bonchev–Trinajstić information content (AvgIpc) is 3.36. The van der Waals surface area contributed by atoms with Gasteiger partial charge < -0.3 is 15.4 Å². The van der Waals surface area contributed by atoms with Gasteiger partial charge in [-0.05, 0) is 23.6 Å². The first kappa shape index (κ1) is 20.0. The third kappa shape index (κ3) is 4.74. The summed E-state index contributed by atoms with van der Waals surface area (Å²) in [6.45, 7) is 10.2. The molecule has 0 aliphatic carbocycles. The zero-order chi connectivity index (χ0) is 18.5. The van der Waals surface area contributed by atoms with Crippen LogP contribution in [-0.4, -0.2) is 74.3 Å². The molecule has 3 rings (SSSR count). The SMILES string of the molecule is CN=C(NCC(C)(C)c1cccs1)NCC1(N2CCOCC2)CCSC1. The Balaban J connectivity index is 1.55. The molecule has 0 radical (unpaired) electrons. The van der Waals surface area contributed by atoms with E-state index in [1.54, 1.807) is 0 Å². The maximum Gasteiger partial charge on any atom is 0.191 e. The number of hydrogen-bond donors (Lipinski definition) is 2. The van der Waals surface area contributed by atoms with Gasteiger partial charge in [-0.1, -0.05) is 19.9 Å². The number of hydrogen-bond acceptors (Lipinski definition) is 5. The first-order valence-electron chi connectivity index (χ1n) is 9.45. The predicted octanol–water partition coefficient (Wildman–Crippen LogP) is 2.40. The van der Waals surface area contributed by atoms with Crippen LogP contribution in [0.4, 0.5) is 0 Å². The number of ether oxygens (including phenoxy) is 1. The van der Waals surface area contributed by atoms with Gasteiger partial charge >= 0.3 is 0 Å². The molecule has 1 aromatic rings. The van der Waals surface area contributed by atoms with Gasteiger partial charge in [0.2, 0.25) is 0 Å². The summed E-state index contributed by atoms with van der Waals surface area (Å²) >= 11 is 3.89. The molecular weight excluding hydrogens is 364 g/mol. The first-order chi connectivity index (χ1) is 12.6. The summed E-state index contributed by atoms with van der Waals surface area (Å²) in [7, 11) is 1.86. The van der Waals surface area contributed by atoms with E-state index in [2.05, 4.69) is 63.6 Å². The van der Waals surface area contributed by atoms with Gasteiger partial charge in [0.25, 0.3) is 0 Å². The Labute approximate surface area is 166 Å². The minimum absolute atomic E-state index is 0.0941. The molecule has 1 aromatic heterocycles. The largest absolute Gasteiger partial charge is 0.379 e. The second-order valence-electron chi connectivity index (χ2n) is 7.77. The maximum absolute atomic E-state index is 5.56. The smallest absolute Gasteiger partial charge is 0.191 e. The van der Waals surface area contributed by atoms with Gasteiger partial charge in [0.1, 0.15) is 0 Å². The van der Waals surface area contributed by atoms with Crippen molar-refractivity contribution >= 4 is 29.1 Å². The van der Waals surface area contributed by atoms with E-state index < -0.39 is 0 Å². The fourth-order valence-corrected chi connectivity index (χ4v) is 5.99. The monoisotopic (exact) mass is 396 g/mol. The van der Waals surface area contributed by atoms with Crippen LogP contribution in [0.15, 0.2) is 22.5 Å². The molecule has 2 saturated heterocycles. The highest BCUT2D eigenvalue weighted by Crippen LogP contribution is 2.33. The van der Waals surface area contributed by atoms with Crippen LogP contribution < -0.4 is 10.6 Å². The van der Waals surface area contributed by atoms with Crippen molar-refractivity contribution in [1.82, 2.24) is 15.5 Å². The quantitative estimate of drug-likeness (QED) is 0.571. The van der Waals surface area contributed by atoms with Crippen LogP contribution in [0.2, 0.25) is 0 Å². The van der Waals surface area contributed by atoms with Crippen molar-refractivity contribution in [3.63, 3.8) is 0 Å². The fourth-order valence-electron chi connectivity index (χ4n) is 3.66. The summed E-state index contributed by atoms with van der Waals surface area (Å²) in [5.41, 5.74) is 0.326. The van der Waals surface area contributed by atoms with Crippen LogP contribution in [0.25, 0.3) is 0 Å². The fraction of sp³-hybridized carbons (Fsp3) is 0.737. The van der Waals surface area contributed by atoms with Crippen LogP contribution in [0.5, 0.6) is 0 Å². The summed E-state index contributed by atoms with van der Waals surface area (Å²) in [5, 5.41) is 9.30. The molecule has 1 unspecified atom stereocenters. The molecule has 146 valence electrons. The van der Waals surface area contributed by atoms with Crippen molar-refractivity contribution in [2.45, 2.75) is 31.2 Å². The van der Waals surface area contributed by atoms with Crippen LogP contribution in [0.1, 0.15) is 25.1 Å². The molecule has 26 heavy (non-hydrogen) atoms. The zero-order valence-corrected chi connectivity index (χ0v) is 17.8. The molecule has 2 fully saturated rings. The van der Waals surface area contributed by atoms with Crippen molar-refractivity contribution in [2.75, 3.05) is 57.9 Å². The van der Waals surface area contributed by atoms with Crippen LogP contribution in [-0.2, 0) is 10.2 Å². The van der Waals surface area contributed by atoms with E-state index in [0.717, 1.165) is 45.4 Å². The third-order valence-electron chi connectivity index (χ3n) is 5.46. The molecule has 5 nitrogen and oxygen atoms in total. The minimum atomic E-state index is 0.0941. The first-order valence-corrected chi connectivity index (χ1v) is 11.5. The lowest BCUT2D eigenvalue weighted by Gasteiger charge is -2.43. The van der Waals surface area contributed by atoms with Crippen molar-refractivity contribution in [1.29, 1.82) is 0 Å². The Morgan fingerprint density at radius 2 is 2.15 bits per heavy atom. The summed E-state index contributed by atoms with van der Waals surface area (Å²) in [5.74, 6) is 3.34. The number of guanidine groups is 1. The molecular formula is C19H32N4OS2. The van der Waals surface area contributed by atoms with E-state index in [0.29, 0.717) is 0 Å². The number of thioether (sulfide) groups is 1. The highest BCUT2D eigenvalue weighted by molar-refractivity contribution is 7.99. The summed E-state index contributed by atoms with van der Waals surface area (Å²) < 4.78 is 5.56. The highest BCUT2D eigenvalue weighted by Gasteiger charge is 2.40. The Hall–Kier alpha value is -0.760. The molecule has 0 spiro atoms. The van der Waals surface area contributed by atoms with E-state index in [4.69, 9.17) is 4.74 Å². The lowest BCUT2D eigenvalue weighted by atomic mass is 9.91. The Morgan fingerprint density at radius 1 is 1.35 bits per heavy atom. The Kier molecular flexibility index (Phi) is 6.88. The second-order valence-corrected chi connectivity index (χ2v) is 9.82. The number of nitrogens with one attached hydrogen (secondary N) is 2. The van der Waals surface area contributed by atoms with Gasteiger partial charge in [-0.2, -0.15) is 11.8 Å². The molecule has 2 aliphatic rings. The second kappa shape index (κ2) is 8.95. The molecule has 1 atom stereocenters. The van der Waals surface area contributed by atoms with Gasteiger partial charge in [0.05, 0.1) is 13.2 Å².